The summed E-state index contributed by atoms with van der Waals surface area (Å²) in [6.45, 7) is 0. The van der Waals surface area contributed by atoms with Crippen LogP contribution in [0.5, 0.6) is 0 Å². The molecule has 2 aromatic carbocycles. The fourth-order valence-electron chi connectivity index (χ4n) is 2.28. The Hall–Kier alpha value is -1.82. The molecule has 0 aliphatic heterocycles. The smallest absolute Gasteiger partial charge is 0.230 e. The zero-order chi connectivity index (χ0) is 18.9. The van der Waals surface area contributed by atoms with Gasteiger partial charge in [-0.15, -0.1) is 0 Å². The maximum absolute atomic E-state index is 12.2. The summed E-state index contributed by atoms with van der Waals surface area (Å²) in [6, 6.07) is 17.7. The third kappa shape index (κ3) is 6.16. The maximum atomic E-state index is 12.2. The number of Topliss-reactive ketones (excluding diaryl/α,β-unsaturated/α-hetero) is 1. The Bertz CT molecular complexity index is 791. The minimum atomic E-state index is -0.729. The number of halogens is 1. The number of thioether (sulfide) groups is 1. The molecule has 0 radical (unpaired) electrons. The molecule has 1 atom stereocenters. The summed E-state index contributed by atoms with van der Waals surface area (Å²) in [6.07, 6.45) is 0.493. The molecule has 0 N–H and O–H groups in total. The summed E-state index contributed by atoms with van der Waals surface area (Å²) < 4.78 is 0. The molecule has 0 amide bonds. The summed E-state index contributed by atoms with van der Waals surface area (Å²) in [5.41, 5.74) is 1.17. The van der Waals surface area contributed by atoms with E-state index in [4.69, 9.17) is 23.8 Å². The van der Waals surface area contributed by atoms with E-state index in [1.54, 1.807) is 48.5 Å². The van der Waals surface area contributed by atoms with Gasteiger partial charge in [0, 0.05) is 28.2 Å². The summed E-state index contributed by atoms with van der Waals surface area (Å²) in [5.74, 6) is -0.594. The lowest BCUT2D eigenvalue weighted by atomic mass is 10.0. The number of hydrogen-bond acceptors (Lipinski definition) is 5. The van der Waals surface area contributed by atoms with Crippen LogP contribution >= 0.6 is 35.6 Å². The molecule has 2 aromatic rings. The molecular formula is C20H17ClO3S2. The second-order valence-electron chi connectivity index (χ2n) is 5.58. The molecule has 0 aliphatic rings. The molecule has 0 fully saturated rings. The van der Waals surface area contributed by atoms with E-state index in [0.717, 1.165) is 11.8 Å². The van der Waals surface area contributed by atoms with Gasteiger partial charge in [0.05, 0.1) is 5.92 Å². The van der Waals surface area contributed by atoms with Crippen LogP contribution in [0.3, 0.4) is 0 Å². The Balaban J connectivity index is 1.90. The van der Waals surface area contributed by atoms with Gasteiger partial charge in [0.15, 0.2) is 5.78 Å². The molecule has 0 saturated heterocycles. The number of hydrogen-bond donors (Lipinski definition) is 0. The number of carbonyl (C=O) groups is 3. The van der Waals surface area contributed by atoms with Gasteiger partial charge in [0.2, 0.25) is 10.4 Å². The van der Waals surface area contributed by atoms with E-state index in [1.807, 2.05) is 12.1 Å². The van der Waals surface area contributed by atoms with Crippen molar-refractivity contribution < 1.29 is 14.4 Å². The zero-order valence-corrected chi connectivity index (χ0v) is 16.3. The van der Waals surface area contributed by atoms with Crippen molar-refractivity contribution in [3.8, 4) is 0 Å². The van der Waals surface area contributed by atoms with Crippen LogP contribution in [0.25, 0.3) is 0 Å². The molecule has 134 valence electrons. The average molecular weight is 405 g/mol. The first kappa shape index (κ1) is 20.5. The predicted octanol–water partition coefficient (Wildman–Crippen LogP) is 4.97. The molecular weight excluding hydrogens is 388 g/mol. The molecule has 3 nitrogen and oxygen atoms in total. The minimum absolute atomic E-state index is 0.0401. The highest BCUT2D eigenvalue weighted by atomic mass is 35.5. The van der Waals surface area contributed by atoms with E-state index in [0.29, 0.717) is 16.0 Å². The minimum Gasteiger partial charge on any atom is -0.294 e. The molecule has 0 heterocycles. The third-order valence-corrected chi connectivity index (χ3v) is 5.50. The first-order valence-electron chi connectivity index (χ1n) is 8.01. The fraction of sp³-hybridized carbons (Fsp3) is 0.200. The van der Waals surface area contributed by atoms with Crippen molar-refractivity contribution in [2.75, 3.05) is 5.75 Å². The highest BCUT2D eigenvalue weighted by Crippen LogP contribution is 2.21. The van der Waals surface area contributed by atoms with Crippen molar-refractivity contribution in [1.82, 2.24) is 0 Å². The van der Waals surface area contributed by atoms with Crippen LogP contribution in [0, 0.1) is 5.92 Å². The molecule has 0 bridgehead atoms. The Morgan fingerprint density at radius 2 is 1.42 bits per heavy atom. The van der Waals surface area contributed by atoms with Crippen LogP contribution in [0.2, 0.25) is 0 Å². The average Bonchev–Trinajstić information content (AvgIpc) is 2.67. The number of carbonyl (C=O) groups excluding carboxylic acids is 3. The molecule has 2 rings (SSSR count). The van der Waals surface area contributed by atoms with Gasteiger partial charge in [-0.05, 0) is 18.0 Å². The number of thiocarbonyl (C=S) groups is 1. The van der Waals surface area contributed by atoms with Crippen molar-refractivity contribution >= 4 is 56.6 Å². The van der Waals surface area contributed by atoms with E-state index in [-0.39, 0.29) is 29.5 Å². The highest BCUT2D eigenvalue weighted by Gasteiger charge is 2.24. The van der Waals surface area contributed by atoms with Crippen LogP contribution < -0.4 is 0 Å². The predicted molar refractivity (Wildman–Crippen MR) is 110 cm³/mol. The summed E-state index contributed by atoms with van der Waals surface area (Å²) in [5, 5.41) is -0.743. The molecule has 0 aliphatic carbocycles. The van der Waals surface area contributed by atoms with E-state index < -0.39 is 11.2 Å². The van der Waals surface area contributed by atoms with Crippen molar-refractivity contribution in [2.24, 2.45) is 5.92 Å². The van der Waals surface area contributed by atoms with Crippen LogP contribution in [-0.2, 0) is 4.79 Å². The molecule has 6 heteroatoms. The van der Waals surface area contributed by atoms with Crippen LogP contribution in [0.15, 0.2) is 60.7 Å². The quantitative estimate of drug-likeness (QED) is 0.335. The van der Waals surface area contributed by atoms with Crippen molar-refractivity contribution in [3.05, 3.63) is 71.8 Å². The Kier molecular flexibility index (Phi) is 8.16. The molecule has 0 saturated carbocycles. The standard InChI is InChI=1S/C20H17ClO3S2/c21-19(23)16(13-26-20(24)15-9-5-2-6-10-15)18(25)12-11-17(22)14-7-3-1-4-8-14/h1-10,16H,11-13H2. The lowest BCUT2D eigenvalue weighted by molar-refractivity contribution is -0.112. The SMILES string of the molecule is O=C(CCC(=S)C(CSC(=O)c1ccccc1)C(=O)Cl)c1ccccc1. The topological polar surface area (TPSA) is 51.2 Å². The van der Waals surface area contributed by atoms with Gasteiger partial charge in [0.25, 0.3) is 0 Å². The molecule has 26 heavy (non-hydrogen) atoms. The second-order valence-corrected chi connectivity index (χ2v) is 7.47. The van der Waals surface area contributed by atoms with Crippen LogP contribution in [0.1, 0.15) is 33.6 Å². The number of benzene rings is 2. The Morgan fingerprint density at radius 1 is 0.885 bits per heavy atom. The van der Waals surface area contributed by atoms with Gasteiger partial charge in [-0.2, -0.15) is 0 Å². The van der Waals surface area contributed by atoms with E-state index in [9.17, 15) is 14.4 Å². The Morgan fingerprint density at radius 3 is 1.96 bits per heavy atom. The second kappa shape index (κ2) is 10.4. The summed E-state index contributed by atoms with van der Waals surface area (Å²) in [7, 11) is 0. The van der Waals surface area contributed by atoms with Crippen molar-refractivity contribution in [1.29, 1.82) is 0 Å². The van der Waals surface area contributed by atoms with E-state index in [2.05, 4.69) is 0 Å². The molecule has 0 aromatic heterocycles. The van der Waals surface area contributed by atoms with Gasteiger partial charge in [-0.25, -0.2) is 0 Å². The van der Waals surface area contributed by atoms with Crippen molar-refractivity contribution in [3.63, 3.8) is 0 Å². The fourth-order valence-corrected chi connectivity index (χ4v) is 4.02. The van der Waals surface area contributed by atoms with Gasteiger partial charge in [-0.1, -0.05) is 84.6 Å². The van der Waals surface area contributed by atoms with Crippen LogP contribution in [0.4, 0.5) is 0 Å². The highest BCUT2D eigenvalue weighted by molar-refractivity contribution is 8.14. The number of ketones is 1. The zero-order valence-electron chi connectivity index (χ0n) is 13.9. The Labute approximate surface area is 167 Å². The van der Waals surface area contributed by atoms with Gasteiger partial charge in [0.1, 0.15) is 0 Å². The van der Waals surface area contributed by atoms with Gasteiger partial charge in [-0.3, -0.25) is 14.4 Å². The third-order valence-electron chi connectivity index (χ3n) is 3.75. The van der Waals surface area contributed by atoms with E-state index in [1.165, 1.54) is 0 Å². The molecule has 0 spiro atoms. The van der Waals surface area contributed by atoms with Gasteiger partial charge < -0.3 is 0 Å². The lowest BCUT2D eigenvalue weighted by Crippen LogP contribution is -2.23. The molecule has 1 unspecified atom stereocenters. The van der Waals surface area contributed by atoms with Crippen LogP contribution in [-0.4, -0.2) is 26.8 Å². The largest absolute Gasteiger partial charge is 0.294 e. The summed E-state index contributed by atoms with van der Waals surface area (Å²) >= 11 is 12.0. The van der Waals surface area contributed by atoms with Crippen molar-refractivity contribution in [2.45, 2.75) is 12.8 Å². The van der Waals surface area contributed by atoms with Gasteiger partial charge >= 0.3 is 0 Å². The monoisotopic (exact) mass is 404 g/mol. The normalized spacial score (nSPS) is 11.6. The maximum Gasteiger partial charge on any atom is 0.230 e. The first-order chi connectivity index (χ1) is 12.5. The van der Waals surface area contributed by atoms with E-state index >= 15 is 0 Å². The number of rotatable bonds is 9. The summed E-state index contributed by atoms with van der Waals surface area (Å²) in [4.78, 5) is 36.4. The lowest BCUT2D eigenvalue weighted by Gasteiger charge is -2.13. The first-order valence-corrected chi connectivity index (χ1v) is 9.78.